The van der Waals surface area contributed by atoms with Gasteiger partial charge in [-0.1, -0.05) is 22.9 Å². The molecule has 0 bridgehead atoms. The summed E-state index contributed by atoms with van der Waals surface area (Å²) < 4.78 is 11.3. The monoisotopic (exact) mass is 343 g/mol. The maximum Gasteiger partial charge on any atom is 0.257 e. The molecule has 1 aromatic carbocycles. The summed E-state index contributed by atoms with van der Waals surface area (Å²) in [7, 11) is 1.79. The van der Waals surface area contributed by atoms with E-state index in [9.17, 15) is 5.11 Å². The summed E-state index contributed by atoms with van der Waals surface area (Å²) in [5, 5.41) is 14.2. The van der Waals surface area contributed by atoms with Crippen LogP contribution in [0.4, 0.5) is 0 Å². The molecule has 0 unspecified atom stereocenters. The molecule has 2 aliphatic rings. The Hall–Kier alpha value is -1.76. The fourth-order valence-corrected chi connectivity index (χ4v) is 4.27. The summed E-state index contributed by atoms with van der Waals surface area (Å²) in [6, 6.07) is 8.28. The molecule has 134 valence electrons. The van der Waals surface area contributed by atoms with E-state index in [1.807, 2.05) is 24.3 Å². The molecule has 0 spiro atoms. The van der Waals surface area contributed by atoms with Crippen molar-refractivity contribution in [2.45, 2.75) is 56.9 Å². The summed E-state index contributed by atoms with van der Waals surface area (Å²) >= 11 is 0. The molecule has 3 atom stereocenters. The van der Waals surface area contributed by atoms with Crippen LogP contribution in [0.15, 0.2) is 28.8 Å². The Balaban J connectivity index is 1.50. The molecule has 0 radical (unpaired) electrons. The van der Waals surface area contributed by atoms with E-state index in [0.29, 0.717) is 18.3 Å². The molecular weight excluding hydrogens is 318 g/mol. The van der Waals surface area contributed by atoms with Gasteiger partial charge in [0.2, 0.25) is 0 Å². The first-order valence-electron chi connectivity index (χ1n) is 8.96. The minimum Gasteiger partial charge on any atom is -0.393 e. The van der Waals surface area contributed by atoms with Gasteiger partial charge in [0, 0.05) is 25.3 Å². The number of aliphatic hydroxyl groups is 1. The molecular formula is C19H25N3O3. The van der Waals surface area contributed by atoms with E-state index in [2.05, 4.69) is 22.0 Å². The van der Waals surface area contributed by atoms with Crippen molar-refractivity contribution in [1.82, 2.24) is 15.0 Å². The second-order valence-corrected chi connectivity index (χ2v) is 7.32. The molecule has 1 N–H and O–H groups in total. The molecule has 2 fully saturated rings. The third-order valence-electron chi connectivity index (χ3n) is 5.78. The number of fused-ring (bicyclic) bond motifs is 1. The van der Waals surface area contributed by atoms with Crippen molar-refractivity contribution in [3.05, 3.63) is 35.7 Å². The van der Waals surface area contributed by atoms with Crippen LogP contribution in [0.1, 0.15) is 37.1 Å². The van der Waals surface area contributed by atoms with E-state index in [0.717, 1.165) is 37.8 Å². The Kier molecular flexibility index (Phi) is 4.35. The van der Waals surface area contributed by atoms with Gasteiger partial charge in [0.25, 0.3) is 5.89 Å². The van der Waals surface area contributed by atoms with Crippen LogP contribution in [0.25, 0.3) is 11.5 Å². The molecule has 4 rings (SSSR count). The first kappa shape index (κ1) is 16.7. The SMILES string of the molecule is CO[C@@]12CC[C@H](O)C[C@@H]1N(Cc1noc(-c3ccc(C)cc3)n1)CC2. The van der Waals surface area contributed by atoms with Gasteiger partial charge >= 0.3 is 0 Å². The van der Waals surface area contributed by atoms with Gasteiger partial charge in [0.15, 0.2) is 5.82 Å². The highest BCUT2D eigenvalue weighted by molar-refractivity contribution is 5.53. The average Bonchev–Trinajstić information content (AvgIpc) is 3.22. The van der Waals surface area contributed by atoms with Crippen molar-refractivity contribution < 1.29 is 14.4 Å². The number of rotatable bonds is 4. The van der Waals surface area contributed by atoms with E-state index in [4.69, 9.17) is 9.26 Å². The van der Waals surface area contributed by atoms with E-state index in [1.54, 1.807) is 7.11 Å². The number of benzene rings is 1. The number of likely N-dealkylation sites (tertiary alicyclic amines) is 1. The van der Waals surface area contributed by atoms with Crippen LogP contribution in [0, 0.1) is 6.92 Å². The molecule has 1 aliphatic heterocycles. The molecule has 1 saturated carbocycles. The van der Waals surface area contributed by atoms with Gasteiger partial charge in [-0.25, -0.2) is 0 Å². The van der Waals surface area contributed by atoms with Gasteiger partial charge in [-0.15, -0.1) is 0 Å². The Morgan fingerprint density at radius 2 is 2.12 bits per heavy atom. The largest absolute Gasteiger partial charge is 0.393 e. The Labute approximate surface area is 147 Å². The molecule has 2 aromatic rings. The van der Waals surface area contributed by atoms with Crippen molar-refractivity contribution in [3.8, 4) is 11.5 Å². The fraction of sp³-hybridized carbons (Fsp3) is 0.579. The lowest BCUT2D eigenvalue weighted by molar-refractivity contribution is -0.0882. The standard InChI is InChI=1S/C19H25N3O3/c1-13-3-5-14(6-4-13)18-20-17(21-25-18)12-22-10-9-19(24-2)8-7-15(23)11-16(19)22/h3-6,15-16,23H,7-12H2,1-2H3/t15-,16-,19+/m0/s1. The minimum absolute atomic E-state index is 0.136. The van der Waals surface area contributed by atoms with E-state index in [1.165, 1.54) is 5.56 Å². The first-order chi connectivity index (χ1) is 12.1. The topological polar surface area (TPSA) is 71.6 Å². The van der Waals surface area contributed by atoms with E-state index >= 15 is 0 Å². The number of aromatic nitrogens is 2. The Morgan fingerprint density at radius 3 is 2.88 bits per heavy atom. The quantitative estimate of drug-likeness (QED) is 0.920. The van der Waals surface area contributed by atoms with Crippen molar-refractivity contribution in [2.75, 3.05) is 13.7 Å². The zero-order chi connectivity index (χ0) is 17.4. The second kappa shape index (κ2) is 6.52. The summed E-state index contributed by atoms with van der Waals surface area (Å²) in [6.45, 7) is 3.61. The zero-order valence-electron chi connectivity index (χ0n) is 14.8. The van der Waals surface area contributed by atoms with Crippen LogP contribution in [0.2, 0.25) is 0 Å². The van der Waals surface area contributed by atoms with Crippen LogP contribution < -0.4 is 0 Å². The maximum atomic E-state index is 10.1. The lowest BCUT2D eigenvalue weighted by Crippen LogP contribution is -2.51. The van der Waals surface area contributed by atoms with Gasteiger partial charge in [-0.05, 0) is 44.7 Å². The predicted molar refractivity (Wildman–Crippen MR) is 92.9 cm³/mol. The highest BCUT2D eigenvalue weighted by Gasteiger charge is 2.50. The summed E-state index contributed by atoms with van der Waals surface area (Å²) in [4.78, 5) is 6.89. The average molecular weight is 343 g/mol. The van der Waals surface area contributed by atoms with Gasteiger partial charge in [0.1, 0.15) is 0 Å². The second-order valence-electron chi connectivity index (χ2n) is 7.32. The lowest BCUT2D eigenvalue weighted by atomic mass is 9.79. The summed E-state index contributed by atoms with van der Waals surface area (Å²) in [5.41, 5.74) is 2.00. The van der Waals surface area contributed by atoms with Crippen LogP contribution in [0.3, 0.4) is 0 Å². The molecule has 6 heteroatoms. The smallest absolute Gasteiger partial charge is 0.257 e. The Bertz CT molecular complexity index is 730. The maximum absolute atomic E-state index is 10.1. The number of nitrogens with zero attached hydrogens (tertiary/aromatic N) is 3. The molecule has 0 amide bonds. The zero-order valence-corrected chi connectivity index (χ0v) is 14.8. The number of methoxy groups -OCH3 is 1. The normalized spacial score (nSPS) is 29.7. The fourth-order valence-electron chi connectivity index (χ4n) is 4.27. The van der Waals surface area contributed by atoms with Crippen LogP contribution in [-0.2, 0) is 11.3 Å². The highest BCUT2D eigenvalue weighted by atomic mass is 16.5. The predicted octanol–water partition coefficient (Wildman–Crippen LogP) is 2.55. The number of aliphatic hydroxyl groups excluding tert-OH is 1. The van der Waals surface area contributed by atoms with Crippen LogP contribution in [0.5, 0.6) is 0 Å². The summed E-state index contributed by atoms with van der Waals surface area (Å²) in [6.07, 6.45) is 3.22. The van der Waals surface area contributed by atoms with Crippen molar-refractivity contribution in [3.63, 3.8) is 0 Å². The molecule has 1 saturated heterocycles. The molecule has 25 heavy (non-hydrogen) atoms. The third kappa shape index (κ3) is 3.10. The molecule has 1 aromatic heterocycles. The number of ether oxygens (including phenoxy) is 1. The van der Waals surface area contributed by atoms with Gasteiger partial charge < -0.3 is 14.4 Å². The lowest BCUT2D eigenvalue weighted by Gasteiger charge is -2.42. The highest BCUT2D eigenvalue weighted by Crippen LogP contribution is 2.42. The third-order valence-corrected chi connectivity index (χ3v) is 5.78. The molecule has 2 heterocycles. The number of aryl methyl sites for hydroxylation is 1. The van der Waals surface area contributed by atoms with Crippen molar-refractivity contribution in [2.24, 2.45) is 0 Å². The van der Waals surface area contributed by atoms with Crippen LogP contribution >= 0.6 is 0 Å². The first-order valence-corrected chi connectivity index (χ1v) is 8.96. The van der Waals surface area contributed by atoms with Gasteiger partial charge in [-0.3, -0.25) is 4.90 Å². The summed E-state index contributed by atoms with van der Waals surface area (Å²) in [5.74, 6) is 1.23. The van der Waals surface area contributed by atoms with Crippen molar-refractivity contribution in [1.29, 1.82) is 0 Å². The van der Waals surface area contributed by atoms with E-state index < -0.39 is 0 Å². The minimum atomic E-state index is -0.248. The van der Waals surface area contributed by atoms with Crippen molar-refractivity contribution >= 4 is 0 Å². The molecule has 6 nitrogen and oxygen atoms in total. The number of hydrogen-bond donors (Lipinski definition) is 1. The van der Waals surface area contributed by atoms with Gasteiger partial charge in [-0.2, -0.15) is 4.98 Å². The van der Waals surface area contributed by atoms with E-state index in [-0.39, 0.29) is 17.7 Å². The van der Waals surface area contributed by atoms with Gasteiger partial charge in [0.05, 0.1) is 18.2 Å². The Morgan fingerprint density at radius 1 is 1.32 bits per heavy atom. The molecule has 1 aliphatic carbocycles. The van der Waals surface area contributed by atoms with Crippen LogP contribution in [-0.4, -0.2) is 51.5 Å². The number of hydrogen-bond acceptors (Lipinski definition) is 6.